The lowest BCUT2D eigenvalue weighted by atomic mass is 10.2. The molecule has 4 heteroatoms. The lowest BCUT2D eigenvalue weighted by Gasteiger charge is -2.14. The van der Waals surface area contributed by atoms with Gasteiger partial charge in [0.1, 0.15) is 12.9 Å². The van der Waals surface area contributed by atoms with Crippen molar-refractivity contribution >= 4 is 6.29 Å². The van der Waals surface area contributed by atoms with Crippen molar-refractivity contribution in [3.63, 3.8) is 0 Å². The maximum absolute atomic E-state index is 10.7. The van der Waals surface area contributed by atoms with Crippen LogP contribution in [-0.4, -0.2) is 30.7 Å². The first-order chi connectivity index (χ1) is 8.21. The normalized spacial score (nSPS) is 11.9. The van der Waals surface area contributed by atoms with E-state index < -0.39 is 6.10 Å². The Morgan fingerprint density at radius 3 is 2.65 bits per heavy atom. The molecule has 0 spiro atoms. The summed E-state index contributed by atoms with van der Waals surface area (Å²) in [7, 11) is 0. The zero-order valence-electron chi connectivity index (χ0n) is 10.2. The molecule has 94 valence electrons. The van der Waals surface area contributed by atoms with Gasteiger partial charge in [-0.3, -0.25) is 4.79 Å². The highest BCUT2D eigenvalue weighted by Gasteiger charge is 2.08. The van der Waals surface area contributed by atoms with Gasteiger partial charge in [-0.05, 0) is 31.5 Å². The molecular formula is C13H18O4. The molecular weight excluding hydrogens is 220 g/mol. The molecule has 0 aliphatic carbocycles. The Hall–Kier alpha value is -1.55. The average Bonchev–Trinajstić information content (AvgIpc) is 2.37. The van der Waals surface area contributed by atoms with E-state index in [1.165, 1.54) is 0 Å². The Morgan fingerprint density at radius 2 is 2.06 bits per heavy atom. The minimum atomic E-state index is -0.491. The zero-order chi connectivity index (χ0) is 12.7. The topological polar surface area (TPSA) is 55.8 Å². The van der Waals surface area contributed by atoms with E-state index in [-0.39, 0.29) is 6.61 Å². The van der Waals surface area contributed by atoms with Crippen LogP contribution in [-0.2, 0) is 0 Å². The van der Waals surface area contributed by atoms with Crippen molar-refractivity contribution in [3.05, 3.63) is 23.8 Å². The van der Waals surface area contributed by atoms with Gasteiger partial charge in [0.2, 0.25) is 0 Å². The number of hydrogen-bond donors (Lipinski definition) is 1. The Labute approximate surface area is 101 Å². The summed E-state index contributed by atoms with van der Waals surface area (Å²) in [6.07, 6.45) is 0.902. The molecule has 0 aliphatic heterocycles. The fourth-order valence-electron chi connectivity index (χ4n) is 1.29. The van der Waals surface area contributed by atoms with Crippen molar-refractivity contribution < 1.29 is 19.4 Å². The number of carbonyl (C=O) groups is 1. The van der Waals surface area contributed by atoms with Gasteiger partial charge in [0, 0.05) is 5.56 Å². The molecule has 0 saturated carbocycles. The van der Waals surface area contributed by atoms with Crippen molar-refractivity contribution in [1.29, 1.82) is 0 Å². The number of aliphatic hydroxyl groups is 1. The molecule has 0 amide bonds. The Bertz CT molecular complexity index is 362. The van der Waals surface area contributed by atoms with E-state index >= 15 is 0 Å². The second kappa shape index (κ2) is 6.91. The van der Waals surface area contributed by atoms with E-state index in [0.717, 1.165) is 6.29 Å². The van der Waals surface area contributed by atoms with Crippen molar-refractivity contribution in [3.8, 4) is 11.5 Å². The maximum Gasteiger partial charge on any atom is 0.161 e. The molecule has 0 aliphatic rings. The second-order valence-electron chi connectivity index (χ2n) is 3.63. The van der Waals surface area contributed by atoms with Crippen molar-refractivity contribution in [2.45, 2.75) is 26.4 Å². The first-order valence-electron chi connectivity index (χ1n) is 5.74. The minimum absolute atomic E-state index is 0.219. The van der Waals surface area contributed by atoms with Crippen molar-refractivity contribution in [2.24, 2.45) is 0 Å². The van der Waals surface area contributed by atoms with E-state index in [9.17, 15) is 9.90 Å². The minimum Gasteiger partial charge on any atom is -0.490 e. The smallest absolute Gasteiger partial charge is 0.161 e. The van der Waals surface area contributed by atoms with Crippen LogP contribution < -0.4 is 9.47 Å². The van der Waals surface area contributed by atoms with Gasteiger partial charge in [-0.25, -0.2) is 0 Å². The van der Waals surface area contributed by atoms with Crippen LogP contribution in [0.5, 0.6) is 11.5 Å². The molecule has 1 unspecified atom stereocenters. The second-order valence-corrected chi connectivity index (χ2v) is 3.63. The number of rotatable bonds is 7. The number of aliphatic hydroxyl groups excluding tert-OH is 1. The lowest BCUT2D eigenvalue weighted by molar-refractivity contribution is 0.102. The van der Waals surface area contributed by atoms with Gasteiger partial charge in [-0.1, -0.05) is 6.92 Å². The van der Waals surface area contributed by atoms with Gasteiger partial charge in [-0.2, -0.15) is 0 Å². The maximum atomic E-state index is 10.7. The number of ether oxygens (including phenoxy) is 2. The molecule has 17 heavy (non-hydrogen) atoms. The summed E-state index contributed by atoms with van der Waals surface area (Å²) >= 11 is 0. The summed E-state index contributed by atoms with van der Waals surface area (Å²) in [6, 6.07) is 4.96. The van der Waals surface area contributed by atoms with Gasteiger partial charge < -0.3 is 14.6 Å². The van der Waals surface area contributed by atoms with Crippen LogP contribution in [0.4, 0.5) is 0 Å². The molecule has 0 fully saturated rings. The highest BCUT2D eigenvalue weighted by molar-refractivity contribution is 5.76. The summed E-state index contributed by atoms with van der Waals surface area (Å²) in [4.78, 5) is 10.7. The van der Waals surface area contributed by atoms with Crippen LogP contribution in [0.1, 0.15) is 30.6 Å². The fraction of sp³-hybridized carbons (Fsp3) is 0.462. The molecule has 1 aromatic rings. The Balaban J connectivity index is 2.78. The molecule has 1 atom stereocenters. The molecule has 0 radical (unpaired) electrons. The summed E-state index contributed by atoms with van der Waals surface area (Å²) < 4.78 is 10.8. The van der Waals surface area contributed by atoms with Crippen LogP contribution in [0.2, 0.25) is 0 Å². The third-order valence-corrected chi connectivity index (χ3v) is 2.31. The molecule has 4 nitrogen and oxygen atoms in total. The van der Waals surface area contributed by atoms with Crippen molar-refractivity contribution in [2.75, 3.05) is 13.2 Å². The van der Waals surface area contributed by atoms with Gasteiger partial charge in [0.05, 0.1) is 12.7 Å². The number of aldehydes is 1. The zero-order valence-corrected chi connectivity index (χ0v) is 10.2. The monoisotopic (exact) mass is 238 g/mol. The lowest BCUT2D eigenvalue weighted by Crippen LogP contribution is -2.16. The predicted molar refractivity (Wildman–Crippen MR) is 64.8 cm³/mol. The van der Waals surface area contributed by atoms with E-state index in [1.54, 1.807) is 18.2 Å². The van der Waals surface area contributed by atoms with Crippen LogP contribution in [0.15, 0.2) is 18.2 Å². The molecule has 0 aromatic heterocycles. The van der Waals surface area contributed by atoms with Gasteiger partial charge in [-0.15, -0.1) is 0 Å². The van der Waals surface area contributed by atoms with Gasteiger partial charge in [0.25, 0.3) is 0 Å². The third kappa shape index (κ3) is 4.07. The van der Waals surface area contributed by atoms with Crippen LogP contribution >= 0.6 is 0 Å². The van der Waals surface area contributed by atoms with E-state index in [1.807, 2.05) is 13.8 Å². The van der Waals surface area contributed by atoms with Crippen LogP contribution in [0, 0.1) is 0 Å². The van der Waals surface area contributed by atoms with Crippen LogP contribution in [0.25, 0.3) is 0 Å². The molecule has 1 N–H and O–H groups in total. The highest BCUT2D eigenvalue weighted by Crippen LogP contribution is 2.28. The van der Waals surface area contributed by atoms with E-state index in [2.05, 4.69) is 0 Å². The standard InChI is InChI=1S/C13H18O4/c1-3-11(15)9-17-12-6-5-10(8-14)7-13(12)16-4-2/h5-8,11,15H,3-4,9H2,1-2H3. The summed E-state index contributed by atoms with van der Waals surface area (Å²) in [5, 5.41) is 9.42. The molecule has 1 rings (SSSR count). The summed E-state index contributed by atoms with van der Waals surface area (Å²) in [6.45, 7) is 4.46. The first kappa shape index (κ1) is 13.5. The SMILES string of the molecule is CCOc1cc(C=O)ccc1OCC(O)CC. The molecule has 0 heterocycles. The van der Waals surface area contributed by atoms with E-state index in [4.69, 9.17) is 9.47 Å². The third-order valence-electron chi connectivity index (χ3n) is 2.31. The fourth-order valence-corrected chi connectivity index (χ4v) is 1.29. The van der Waals surface area contributed by atoms with Gasteiger partial charge in [0.15, 0.2) is 11.5 Å². The number of carbonyl (C=O) groups excluding carboxylic acids is 1. The largest absolute Gasteiger partial charge is 0.490 e. The predicted octanol–water partition coefficient (Wildman–Crippen LogP) is 2.05. The Kier molecular flexibility index (Phi) is 5.49. The van der Waals surface area contributed by atoms with Crippen molar-refractivity contribution in [1.82, 2.24) is 0 Å². The molecule has 0 saturated heterocycles. The Morgan fingerprint density at radius 1 is 1.29 bits per heavy atom. The number of benzene rings is 1. The first-order valence-corrected chi connectivity index (χ1v) is 5.74. The quantitative estimate of drug-likeness (QED) is 0.739. The highest BCUT2D eigenvalue weighted by atomic mass is 16.5. The summed E-state index contributed by atoms with van der Waals surface area (Å²) in [5.74, 6) is 1.07. The van der Waals surface area contributed by atoms with E-state index in [0.29, 0.717) is 30.1 Å². The molecule has 1 aromatic carbocycles. The number of hydrogen-bond acceptors (Lipinski definition) is 4. The van der Waals surface area contributed by atoms with Crippen LogP contribution in [0.3, 0.4) is 0 Å². The van der Waals surface area contributed by atoms with Gasteiger partial charge >= 0.3 is 0 Å². The average molecular weight is 238 g/mol. The summed E-state index contributed by atoms with van der Waals surface area (Å²) in [5.41, 5.74) is 0.539. The molecule has 0 bridgehead atoms.